The Labute approximate surface area is 174 Å². The average molecular weight is 415 g/mol. The van der Waals surface area contributed by atoms with Gasteiger partial charge >= 0.3 is 12.0 Å². The molecule has 1 aromatic heterocycles. The molecule has 1 saturated carbocycles. The maximum Gasteiger partial charge on any atom is 0.337 e. The number of esters is 1. The van der Waals surface area contributed by atoms with Crippen molar-refractivity contribution < 1.29 is 14.3 Å². The van der Waals surface area contributed by atoms with Crippen molar-refractivity contribution in [3.8, 4) is 0 Å². The number of fused-ring (bicyclic) bond motifs is 1. The van der Waals surface area contributed by atoms with Crippen molar-refractivity contribution in [1.29, 1.82) is 0 Å². The molecule has 154 valence electrons. The molecule has 1 fully saturated rings. The van der Waals surface area contributed by atoms with Gasteiger partial charge in [0.15, 0.2) is 5.13 Å². The van der Waals surface area contributed by atoms with E-state index in [0.717, 1.165) is 50.2 Å². The maximum atomic E-state index is 12.2. The van der Waals surface area contributed by atoms with Crippen molar-refractivity contribution in [1.82, 2.24) is 15.2 Å². The standard InChI is InChI=1S/C21H26N4O3S/c1-28-19(26)15-8-6-14(7-9-15)12-25-11-10-17-18(13-25)29-21(23-17)24-20(27)22-16-4-2-3-5-16/h6-9,16H,2-5,10-13H2,1H3,(H2,22,23,24,27). The Morgan fingerprint density at radius 3 is 2.72 bits per heavy atom. The fourth-order valence-electron chi connectivity index (χ4n) is 3.95. The van der Waals surface area contributed by atoms with Crippen LogP contribution in [0.15, 0.2) is 24.3 Å². The van der Waals surface area contributed by atoms with Crippen molar-refractivity contribution in [2.75, 3.05) is 19.0 Å². The van der Waals surface area contributed by atoms with Gasteiger partial charge in [-0.25, -0.2) is 14.6 Å². The summed E-state index contributed by atoms with van der Waals surface area (Å²) in [4.78, 5) is 31.9. The summed E-state index contributed by atoms with van der Waals surface area (Å²) in [6.45, 7) is 2.55. The van der Waals surface area contributed by atoms with E-state index in [-0.39, 0.29) is 12.0 Å². The molecule has 2 heterocycles. The van der Waals surface area contributed by atoms with Gasteiger partial charge in [0.1, 0.15) is 0 Å². The summed E-state index contributed by atoms with van der Waals surface area (Å²) in [5, 5.41) is 6.62. The van der Waals surface area contributed by atoms with Crippen LogP contribution in [0.3, 0.4) is 0 Å². The van der Waals surface area contributed by atoms with E-state index in [4.69, 9.17) is 4.74 Å². The second-order valence-corrected chi connectivity index (χ2v) is 8.70. The molecule has 0 atom stereocenters. The first-order valence-electron chi connectivity index (χ1n) is 10.1. The Kier molecular flexibility index (Phi) is 6.10. The number of hydrogen-bond acceptors (Lipinski definition) is 6. The zero-order valence-electron chi connectivity index (χ0n) is 16.6. The zero-order valence-corrected chi connectivity index (χ0v) is 17.4. The number of ether oxygens (including phenoxy) is 1. The summed E-state index contributed by atoms with van der Waals surface area (Å²) in [7, 11) is 1.39. The molecule has 2 amide bonds. The van der Waals surface area contributed by atoms with Crippen LogP contribution < -0.4 is 10.6 Å². The van der Waals surface area contributed by atoms with Crippen LogP contribution >= 0.6 is 11.3 Å². The van der Waals surface area contributed by atoms with Crippen molar-refractivity contribution in [3.63, 3.8) is 0 Å². The first-order valence-corrected chi connectivity index (χ1v) is 10.9. The van der Waals surface area contributed by atoms with E-state index in [1.165, 1.54) is 24.8 Å². The summed E-state index contributed by atoms with van der Waals surface area (Å²) in [6.07, 6.45) is 5.39. The third kappa shape index (κ3) is 4.94. The minimum atomic E-state index is -0.319. The van der Waals surface area contributed by atoms with Gasteiger partial charge in [-0.15, -0.1) is 11.3 Å². The van der Waals surface area contributed by atoms with Crippen LogP contribution in [-0.4, -0.2) is 41.6 Å². The highest BCUT2D eigenvalue weighted by Crippen LogP contribution is 2.29. The molecule has 29 heavy (non-hydrogen) atoms. The number of carbonyl (C=O) groups is 2. The minimum absolute atomic E-state index is 0.148. The number of aromatic nitrogens is 1. The molecular weight excluding hydrogens is 388 g/mol. The Morgan fingerprint density at radius 2 is 2.00 bits per heavy atom. The smallest absolute Gasteiger partial charge is 0.337 e. The molecule has 1 aliphatic carbocycles. The quantitative estimate of drug-likeness (QED) is 0.731. The van der Waals surface area contributed by atoms with Gasteiger partial charge in [-0.05, 0) is 30.5 Å². The molecule has 2 aromatic rings. The highest BCUT2D eigenvalue weighted by Gasteiger charge is 2.22. The molecule has 2 N–H and O–H groups in total. The molecule has 0 spiro atoms. The van der Waals surface area contributed by atoms with Gasteiger partial charge < -0.3 is 10.1 Å². The van der Waals surface area contributed by atoms with Gasteiger partial charge in [-0.3, -0.25) is 10.2 Å². The predicted octanol–water partition coefficient (Wildman–Crippen LogP) is 3.55. The van der Waals surface area contributed by atoms with Gasteiger partial charge in [-0.1, -0.05) is 25.0 Å². The number of benzene rings is 1. The fraction of sp³-hybridized carbons (Fsp3) is 0.476. The number of rotatable bonds is 5. The van der Waals surface area contributed by atoms with Crippen LogP contribution in [-0.2, 0) is 24.2 Å². The van der Waals surface area contributed by atoms with Crippen molar-refractivity contribution in [2.45, 2.75) is 51.2 Å². The number of urea groups is 1. The Morgan fingerprint density at radius 1 is 1.24 bits per heavy atom. The van der Waals surface area contributed by atoms with Crippen LogP contribution in [0.4, 0.5) is 9.93 Å². The van der Waals surface area contributed by atoms with Crippen LogP contribution in [0.1, 0.15) is 52.2 Å². The van der Waals surface area contributed by atoms with E-state index >= 15 is 0 Å². The van der Waals surface area contributed by atoms with E-state index < -0.39 is 0 Å². The van der Waals surface area contributed by atoms with Crippen LogP contribution in [0.25, 0.3) is 0 Å². The number of anilines is 1. The fourth-order valence-corrected chi connectivity index (χ4v) is 4.99. The summed E-state index contributed by atoms with van der Waals surface area (Å²) in [6, 6.07) is 7.68. The van der Waals surface area contributed by atoms with Crippen molar-refractivity contribution in [2.24, 2.45) is 0 Å². The van der Waals surface area contributed by atoms with Crippen molar-refractivity contribution in [3.05, 3.63) is 46.0 Å². The number of nitrogens with one attached hydrogen (secondary N) is 2. The van der Waals surface area contributed by atoms with Gasteiger partial charge in [0.25, 0.3) is 0 Å². The summed E-state index contributed by atoms with van der Waals surface area (Å²) in [5.41, 5.74) is 2.80. The number of nitrogens with zero attached hydrogens (tertiary/aromatic N) is 2. The van der Waals surface area contributed by atoms with Gasteiger partial charge in [0.05, 0.1) is 18.4 Å². The SMILES string of the molecule is COC(=O)c1ccc(CN2CCc3nc(NC(=O)NC4CCCC4)sc3C2)cc1. The van der Waals surface area contributed by atoms with E-state index in [1.54, 1.807) is 23.5 Å². The van der Waals surface area contributed by atoms with Crippen LogP contribution in [0.2, 0.25) is 0 Å². The lowest BCUT2D eigenvalue weighted by Crippen LogP contribution is -2.36. The largest absolute Gasteiger partial charge is 0.465 e. The second kappa shape index (κ2) is 8.92. The number of carbonyl (C=O) groups excluding carboxylic acids is 2. The van der Waals surface area contributed by atoms with Gasteiger partial charge in [-0.2, -0.15) is 0 Å². The topological polar surface area (TPSA) is 83.6 Å². The molecule has 7 nitrogen and oxygen atoms in total. The Hall–Kier alpha value is -2.45. The van der Waals surface area contributed by atoms with E-state index in [0.29, 0.717) is 16.7 Å². The lowest BCUT2D eigenvalue weighted by Gasteiger charge is -2.25. The van der Waals surface area contributed by atoms with Gasteiger partial charge in [0, 0.05) is 37.0 Å². The molecule has 0 bridgehead atoms. The monoisotopic (exact) mass is 414 g/mol. The van der Waals surface area contributed by atoms with Gasteiger partial charge in [0.2, 0.25) is 0 Å². The highest BCUT2D eigenvalue weighted by atomic mass is 32.1. The molecule has 0 unspecified atom stereocenters. The molecule has 4 rings (SSSR count). The summed E-state index contributed by atoms with van der Waals surface area (Å²) >= 11 is 1.56. The summed E-state index contributed by atoms with van der Waals surface area (Å²) in [5.74, 6) is -0.319. The third-order valence-electron chi connectivity index (χ3n) is 5.50. The molecule has 0 radical (unpaired) electrons. The van der Waals surface area contributed by atoms with E-state index in [2.05, 4.69) is 20.5 Å². The normalized spacial score (nSPS) is 17.0. The van der Waals surface area contributed by atoms with Crippen LogP contribution in [0, 0.1) is 0 Å². The molecule has 0 saturated heterocycles. The second-order valence-electron chi connectivity index (χ2n) is 7.62. The maximum absolute atomic E-state index is 12.2. The number of amides is 2. The minimum Gasteiger partial charge on any atom is -0.465 e. The third-order valence-corrected chi connectivity index (χ3v) is 6.50. The van der Waals surface area contributed by atoms with Crippen LogP contribution in [0.5, 0.6) is 0 Å². The molecule has 2 aliphatic rings. The molecule has 1 aromatic carbocycles. The Balaban J connectivity index is 1.32. The first-order chi connectivity index (χ1) is 14.1. The number of methoxy groups -OCH3 is 1. The molecule has 1 aliphatic heterocycles. The lowest BCUT2D eigenvalue weighted by molar-refractivity contribution is 0.0600. The Bertz CT molecular complexity index is 875. The predicted molar refractivity (Wildman–Crippen MR) is 112 cm³/mol. The van der Waals surface area contributed by atoms with E-state index in [9.17, 15) is 9.59 Å². The molecular formula is C21H26N4O3S. The number of hydrogen-bond donors (Lipinski definition) is 2. The zero-order chi connectivity index (χ0) is 20.2. The van der Waals surface area contributed by atoms with E-state index in [1.807, 2.05) is 12.1 Å². The average Bonchev–Trinajstić information content (AvgIpc) is 3.36. The number of thiazole rings is 1. The molecule has 8 heteroatoms. The highest BCUT2D eigenvalue weighted by molar-refractivity contribution is 7.15. The summed E-state index contributed by atoms with van der Waals surface area (Å²) < 4.78 is 4.74. The van der Waals surface area contributed by atoms with Crippen molar-refractivity contribution >= 4 is 28.5 Å². The first kappa shape index (κ1) is 19.8. The lowest BCUT2D eigenvalue weighted by atomic mass is 10.1.